The zero-order chi connectivity index (χ0) is 14.8. The molecule has 1 aromatic carbocycles. The molecule has 6 heteroatoms. The summed E-state index contributed by atoms with van der Waals surface area (Å²) in [6, 6.07) is 6.72. The summed E-state index contributed by atoms with van der Waals surface area (Å²) in [5.74, 6) is 0.523. The molecule has 0 amide bonds. The van der Waals surface area contributed by atoms with Gasteiger partial charge in [-0.15, -0.1) is 0 Å². The van der Waals surface area contributed by atoms with Crippen molar-refractivity contribution in [1.29, 1.82) is 5.26 Å². The highest BCUT2D eigenvalue weighted by Gasteiger charge is 2.41. The molecule has 0 unspecified atom stereocenters. The van der Waals surface area contributed by atoms with Gasteiger partial charge in [-0.1, -0.05) is 11.6 Å². The van der Waals surface area contributed by atoms with E-state index in [1.165, 1.54) is 0 Å². The third kappa shape index (κ3) is 3.21. The second-order valence-electron chi connectivity index (χ2n) is 4.98. The van der Waals surface area contributed by atoms with Crippen molar-refractivity contribution in [1.82, 2.24) is 0 Å². The third-order valence-electron chi connectivity index (χ3n) is 3.59. The van der Waals surface area contributed by atoms with Crippen LogP contribution in [0.5, 0.6) is 5.75 Å². The number of hydrogen-bond acceptors (Lipinski definition) is 4. The lowest BCUT2D eigenvalue weighted by atomic mass is 9.84. The van der Waals surface area contributed by atoms with Gasteiger partial charge in [-0.3, -0.25) is 0 Å². The Morgan fingerprint density at radius 3 is 2.55 bits per heavy atom. The number of benzene rings is 1. The number of ether oxygens (including phenoxy) is 1. The van der Waals surface area contributed by atoms with E-state index < -0.39 is 12.0 Å². The zero-order valence-corrected chi connectivity index (χ0v) is 11.5. The van der Waals surface area contributed by atoms with Crippen molar-refractivity contribution < 1.29 is 19.3 Å². The molecule has 1 aliphatic rings. The van der Waals surface area contributed by atoms with Gasteiger partial charge in [0, 0.05) is 6.07 Å². The average molecular weight is 300 g/mol. The lowest BCUT2D eigenvalue weighted by Crippen LogP contribution is -2.43. The molecule has 108 valence electrons. The van der Waals surface area contributed by atoms with Crippen molar-refractivity contribution in [3.8, 4) is 11.8 Å². The van der Waals surface area contributed by atoms with Crippen LogP contribution in [0.2, 0.25) is 5.02 Å². The van der Waals surface area contributed by atoms with Gasteiger partial charge in [0.1, 0.15) is 11.8 Å². The minimum atomic E-state index is -1.95. The highest BCUT2D eigenvalue weighted by Crippen LogP contribution is 2.36. The highest BCUT2D eigenvalue weighted by molar-refractivity contribution is 6.31. The van der Waals surface area contributed by atoms with Crippen LogP contribution < -0.4 is 4.74 Å². The Morgan fingerprint density at radius 1 is 1.40 bits per heavy atom. The molecule has 0 aromatic heterocycles. The van der Waals surface area contributed by atoms with Crippen molar-refractivity contribution in [3.05, 3.63) is 28.8 Å². The molecule has 4 nitrogen and oxygen atoms in total. The average Bonchev–Trinajstić information content (AvgIpc) is 2.42. The van der Waals surface area contributed by atoms with Crippen molar-refractivity contribution >= 4 is 11.6 Å². The summed E-state index contributed by atoms with van der Waals surface area (Å²) in [6.45, 7) is 0. The summed E-state index contributed by atoms with van der Waals surface area (Å²) < 4.78 is 19.6. The maximum absolute atomic E-state index is 14.0. The van der Waals surface area contributed by atoms with Crippen LogP contribution in [0.3, 0.4) is 0 Å². The molecule has 1 aromatic rings. The monoisotopic (exact) mass is 299 g/mol. The highest BCUT2D eigenvalue weighted by atomic mass is 35.5. The topological polar surface area (TPSA) is 73.5 Å². The first-order valence-electron chi connectivity index (χ1n) is 6.36. The predicted octanol–water partition coefficient (Wildman–Crippen LogP) is 2.55. The summed E-state index contributed by atoms with van der Waals surface area (Å²) in [6.07, 6.45) is -1.27. The standard InChI is InChI=1S/C14H15ClFNO3/c15-12-7-11(2-1-9(12)8-17)20-10-3-5-14(16,6-4-10)13(18)19/h1-2,7,10,13,18-19H,3-6H2/t10-,14+. The first-order chi connectivity index (χ1) is 9.44. The molecule has 0 atom stereocenters. The zero-order valence-electron chi connectivity index (χ0n) is 10.7. The van der Waals surface area contributed by atoms with Crippen LogP contribution in [0.25, 0.3) is 0 Å². The fourth-order valence-electron chi connectivity index (χ4n) is 2.30. The van der Waals surface area contributed by atoms with E-state index in [9.17, 15) is 4.39 Å². The van der Waals surface area contributed by atoms with Crippen molar-refractivity contribution in [2.24, 2.45) is 0 Å². The van der Waals surface area contributed by atoms with Crippen LogP contribution in [-0.2, 0) is 0 Å². The molecule has 0 spiro atoms. The first-order valence-corrected chi connectivity index (χ1v) is 6.74. The number of halogens is 2. The van der Waals surface area contributed by atoms with E-state index in [0.29, 0.717) is 29.2 Å². The minimum Gasteiger partial charge on any atom is -0.490 e. The van der Waals surface area contributed by atoms with Gasteiger partial charge in [0.05, 0.1) is 16.7 Å². The molecule has 20 heavy (non-hydrogen) atoms. The van der Waals surface area contributed by atoms with E-state index in [1.807, 2.05) is 6.07 Å². The SMILES string of the molecule is N#Cc1ccc(O[C@H]2CC[C@](F)(C(O)O)CC2)cc1Cl. The van der Waals surface area contributed by atoms with Crippen molar-refractivity contribution in [2.45, 2.75) is 43.7 Å². The summed E-state index contributed by atoms with van der Waals surface area (Å²) in [7, 11) is 0. The van der Waals surface area contributed by atoms with Gasteiger partial charge >= 0.3 is 0 Å². The Labute approximate surface area is 121 Å². The van der Waals surface area contributed by atoms with Gasteiger partial charge in [-0.25, -0.2) is 4.39 Å². The lowest BCUT2D eigenvalue weighted by molar-refractivity contribution is -0.165. The molecule has 0 bridgehead atoms. The first kappa shape index (κ1) is 15.0. The molecule has 1 fully saturated rings. The van der Waals surface area contributed by atoms with Crippen LogP contribution in [0, 0.1) is 11.3 Å². The number of aliphatic hydroxyl groups is 2. The molecule has 0 saturated heterocycles. The molecule has 1 saturated carbocycles. The number of nitrogens with zero attached hydrogens (tertiary/aromatic N) is 1. The molecule has 0 radical (unpaired) electrons. The quantitative estimate of drug-likeness (QED) is 0.841. The van der Waals surface area contributed by atoms with Crippen LogP contribution in [0.4, 0.5) is 4.39 Å². The minimum absolute atomic E-state index is 0.0410. The van der Waals surface area contributed by atoms with Gasteiger partial charge < -0.3 is 14.9 Å². The van der Waals surface area contributed by atoms with Gasteiger partial charge in [0.15, 0.2) is 12.0 Å². The van der Waals surface area contributed by atoms with E-state index in [-0.39, 0.29) is 18.9 Å². The van der Waals surface area contributed by atoms with E-state index in [1.54, 1.807) is 18.2 Å². The summed E-state index contributed by atoms with van der Waals surface area (Å²) in [5.41, 5.74) is -1.57. The van der Waals surface area contributed by atoms with Crippen LogP contribution in [0.15, 0.2) is 18.2 Å². The van der Waals surface area contributed by atoms with Crippen molar-refractivity contribution in [2.75, 3.05) is 0 Å². The van der Waals surface area contributed by atoms with Gasteiger partial charge in [-0.2, -0.15) is 5.26 Å². The maximum atomic E-state index is 14.0. The van der Waals surface area contributed by atoms with Crippen LogP contribution in [0.1, 0.15) is 31.2 Å². The fraction of sp³-hybridized carbons (Fsp3) is 0.500. The lowest BCUT2D eigenvalue weighted by Gasteiger charge is -2.34. The Morgan fingerprint density at radius 2 is 2.05 bits per heavy atom. The molecular formula is C14H15ClFNO3. The van der Waals surface area contributed by atoms with E-state index in [0.717, 1.165) is 0 Å². The second kappa shape index (κ2) is 5.96. The third-order valence-corrected chi connectivity index (χ3v) is 3.90. The van der Waals surface area contributed by atoms with Crippen molar-refractivity contribution in [3.63, 3.8) is 0 Å². The predicted molar refractivity (Wildman–Crippen MR) is 71.1 cm³/mol. The molecule has 0 heterocycles. The summed E-state index contributed by atoms with van der Waals surface area (Å²) in [5, 5.41) is 27.1. The molecule has 0 aliphatic heterocycles. The fourth-order valence-corrected chi connectivity index (χ4v) is 2.51. The number of aliphatic hydroxyl groups excluding tert-OH is 1. The van der Waals surface area contributed by atoms with Gasteiger partial charge in [-0.05, 0) is 37.8 Å². The Bertz CT molecular complexity index is 522. The van der Waals surface area contributed by atoms with E-state index in [4.69, 9.17) is 31.8 Å². The van der Waals surface area contributed by atoms with Gasteiger partial charge in [0.25, 0.3) is 0 Å². The Balaban J connectivity index is 1.96. The number of hydrogen-bond donors (Lipinski definition) is 2. The second-order valence-corrected chi connectivity index (χ2v) is 5.39. The maximum Gasteiger partial charge on any atom is 0.186 e. The molecule has 2 rings (SSSR count). The summed E-state index contributed by atoms with van der Waals surface area (Å²) >= 11 is 5.91. The normalized spacial score (nSPS) is 26.3. The molecule has 2 N–H and O–H groups in total. The number of nitriles is 1. The Kier molecular flexibility index (Phi) is 4.48. The van der Waals surface area contributed by atoms with Crippen LogP contribution >= 0.6 is 11.6 Å². The summed E-state index contributed by atoms with van der Waals surface area (Å²) in [4.78, 5) is 0. The number of alkyl halides is 1. The largest absolute Gasteiger partial charge is 0.490 e. The van der Waals surface area contributed by atoms with E-state index in [2.05, 4.69) is 0 Å². The van der Waals surface area contributed by atoms with E-state index >= 15 is 0 Å². The Hall–Kier alpha value is -1.35. The number of rotatable bonds is 3. The molecular weight excluding hydrogens is 285 g/mol. The molecule has 1 aliphatic carbocycles. The smallest absolute Gasteiger partial charge is 0.186 e. The van der Waals surface area contributed by atoms with Crippen LogP contribution in [-0.4, -0.2) is 28.3 Å². The van der Waals surface area contributed by atoms with Gasteiger partial charge in [0.2, 0.25) is 0 Å².